The lowest BCUT2D eigenvalue weighted by Crippen LogP contribution is -2.14. The summed E-state index contributed by atoms with van der Waals surface area (Å²) in [5.74, 6) is -0.883. The van der Waals surface area contributed by atoms with E-state index in [0.29, 0.717) is 10.2 Å². The number of fused-ring (bicyclic) bond motifs is 1. The first-order valence-electron chi connectivity index (χ1n) is 10.6. The number of non-ortho nitro benzene ring substituents is 1. The van der Waals surface area contributed by atoms with Crippen molar-refractivity contribution in [3.63, 3.8) is 0 Å². The molecule has 1 amide bonds. The molecule has 0 atom stereocenters. The maximum atomic E-state index is 13.0. The molecule has 1 N–H and O–H groups in total. The van der Waals surface area contributed by atoms with Crippen LogP contribution >= 0.6 is 15.9 Å². The molecule has 0 fully saturated rings. The summed E-state index contributed by atoms with van der Waals surface area (Å²) in [5.41, 5.74) is -0.0997. The molecular weight excluding hydrogens is 562 g/mol. The van der Waals surface area contributed by atoms with Crippen molar-refractivity contribution in [1.29, 1.82) is 5.26 Å². The first-order valence-corrected chi connectivity index (χ1v) is 12.8. The Kier molecular flexibility index (Phi) is 7.33. The molecule has 184 valence electrons. The average Bonchev–Trinajstić information content (AvgIpc) is 2.88. The fourth-order valence-electron chi connectivity index (χ4n) is 3.46. The van der Waals surface area contributed by atoms with Gasteiger partial charge in [-0.2, -0.15) is 13.7 Å². The van der Waals surface area contributed by atoms with Crippen LogP contribution in [0.25, 0.3) is 16.8 Å². The Balaban J connectivity index is 1.67. The van der Waals surface area contributed by atoms with Gasteiger partial charge in [0.05, 0.1) is 4.92 Å². The molecule has 0 aliphatic carbocycles. The first kappa shape index (κ1) is 25.6. The molecule has 37 heavy (non-hydrogen) atoms. The minimum Gasteiger partial charge on any atom is -0.378 e. The molecule has 0 radical (unpaired) electrons. The number of benzene rings is 4. The molecule has 4 aromatic rings. The molecule has 11 heteroatoms. The molecule has 0 saturated carbocycles. The largest absolute Gasteiger partial charge is 0.378 e. The minimum absolute atomic E-state index is 0.119. The summed E-state index contributed by atoms with van der Waals surface area (Å²) in [6, 6.07) is 23.3. The summed E-state index contributed by atoms with van der Waals surface area (Å²) in [5, 5.41) is 25.1. The van der Waals surface area contributed by atoms with Crippen molar-refractivity contribution in [2.24, 2.45) is 0 Å². The number of nitrogens with one attached hydrogen (secondary N) is 1. The van der Waals surface area contributed by atoms with Crippen LogP contribution in [-0.2, 0) is 14.9 Å². The van der Waals surface area contributed by atoms with E-state index in [1.165, 1.54) is 30.3 Å². The van der Waals surface area contributed by atoms with E-state index >= 15 is 0 Å². The highest BCUT2D eigenvalue weighted by Gasteiger charge is 2.22. The van der Waals surface area contributed by atoms with Crippen LogP contribution in [0.2, 0.25) is 0 Å². The standard InChI is InChI=1S/C26H16BrN3O6S/c27-20-11-12-25(36-37(34,35)22-8-4-7-21(15-22)30(32)33)18(14-20)13-19(16-28)26(31)29-24-10-3-6-17-5-1-2-9-23(17)24/h1-15H,(H,29,31)/b19-13+. The van der Waals surface area contributed by atoms with Crippen molar-refractivity contribution in [3.05, 3.63) is 111 Å². The van der Waals surface area contributed by atoms with Crippen LogP contribution in [0.5, 0.6) is 5.75 Å². The van der Waals surface area contributed by atoms with Gasteiger partial charge in [-0.1, -0.05) is 58.4 Å². The highest BCUT2D eigenvalue weighted by Crippen LogP contribution is 2.30. The van der Waals surface area contributed by atoms with Crippen molar-refractivity contribution >= 4 is 60.2 Å². The van der Waals surface area contributed by atoms with Gasteiger partial charge < -0.3 is 9.50 Å². The van der Waals surface area contributed by atoms with Gasteiger partial charge in [0.1, 0.15) is 22.3 Å². The Bertz CT molecular complexity index is 1720. The van der Waals surface area contributed by atoms with Crippen molar-refractivity contribution in [3.8, 4) is 11.8 Å². The van der Waals surface area contributed by atoms with E-state index in [9.17, 15) is 28.6 Å². The van der Waals surface area contributed by atoms with Crippen LogP contribution in [0.15, 0.2) is 99.9 Å². The number of carbonyl (C=O) groups excluding carboxylic acids is 1. The molecule has 0 saturated heterocycles. The molecule has 0 spiro atoms. The number of hydrogen-bond acceptors (Lipinski definition) is 7. The summed E-state index contributed by atoms with van der Waals surface area (Å²) in [4.78, 5) is 22.9. The number of carbonyl (C=O) groups is 1. The zero-order valence-electron chi connectivity index (χ0n) is 18.8. The topological polar surface area (TPSA) is 139 Å². The predicted octanol–water partition coefficient (Wildman–Crippen LogP) is 5.82. The molecule has 4 aromatic carbocycles. The highest BCUT2D eigenvalue weighted by atomic mass is 79.9. The Labute approximate surface area is 220 Å². The summed E-state index contributed by atoms with van der Waals surface area (Å²) in [7, 11) is -4.47. The molecule has 0 bridgehead atoms. The van der Waals surface area contributed by atoms with E-state index in [-0.39, 0.29) is 16.9 Å². The Morgan fingerprint density at radius 1 is 1.03 bits per heavy atom. The lowest BCUT2D eigenvalue weighted by atomic mass is 10.1. The van der Waals surface area contributed by atoms with Gasteiger partial charge in [0, 0.05) is 33.2 Å². The monoisotopic (exact) mass is 577 g/mol. The second kappa shape index (κ2) is 10.6. The van der Waals surface area contributed by atoms with E-state index < -0.39 is 31.5 Å². The van der Waals surface area contributed by atoms with Crippen molar-refractivity contribution in [1.82, 2.24) is 0 Å². The number of nitrogens with zero attached hydrogens (tertiary/aromatic N) is 2. The molecule has 0 unspecified atom stereocenters. The number of nitro groups is 1. The van der Waals surface area contributed by atoms with E-state index in [0.717, 1.165) is 29.0 Å². The summed E-state index contributed by atoms with van der Waals surface area (Å²) in [6.07, 6.45) is 1.20. The fourth-order valence-corrected chi connectivity index (χ4v) is 4.83. The predicted molar refractivity (Wildman–Crippen MR) is 141 cm³/mol. The second-order valence-electron chi connectivity index (χ2n) is 7.62. The molecule has 0 aromatic heterocycles. The fraction of sp³-hybridized carbons (Fsp3) is 0. The van der Waals surface area contributed by atoms with Gasteiger partial charge >= 0.3 is 10.1 Å². The minimum atomic E-state index is -4.47. The number of rotatable bonds is 7. The normalized spacial score (nSPS) is 11.5. The summed E-state index contributed by atoms with van der Waals surface area (Å²) < 4.78 is 31.5. The third kappa shape index (κ3) is 5.83. The third-order valence-corrected chi connectivity index (χ3v) is 6.91. The molecule has 0 heterocycles. The molecule has 4 rings (SSSR count). The molecule has 9 nitrogen and oxygen atoms in total. The first-order chi connectivity index (χ1) is 17.7. The van der Waals surface area contributed by atoms with E-state index in [4.69, 9.17) is 4.18 Å². The maximum absolute atomic E-state index is 13.0. The van der Waals surface area contributed by atoms with Crippen LogP contribution in [0.4, 0.5) is 11.4 Å². The van der Waals surface area contributed by atoms with Gasteiger partial charge in [-0.3, -0.25) is 14.9 Å². The van der Waals surface area contributed by atoms with E-state index in [1.807, 2.05) is 36.4 Å². The smallest absolute Gasteiger partial charge is 0.339 e. The number of halogens is 1. The van der Waals surface area contributed by atoms with Crippen molar-refractivity contribution in [2.75, 3.05) is 5.32 Å². The lowest BCUT2D eigenvalue weighted by molar-refractivity contribution is -0.385. The molecule has 0 aliphatic rings. The van der Waals surface area contributed by atoms with Gasteiger partial charge in [0.15, 0.2) is 0 Å². The van der Waals surface area contributed by atoms with Crippen LogP contribution in [0.1, 0.15) is 5.56 Å². The highest BCUT2D eigenvalue weighted by molar-refractivity contribution is 9.10. The number of anilines is 1. The molecule has 0 aliphatic heterocycles. The zero-order valence-corrected chi connectivity index (χ0v) is 21.2. The Morgan fingerprint density at radius 2 is 1.76 bits per heavy atom. The number of amides is 1. The summed E-state index contributed by atoms with van der Waals surface area (Å²) >= 11 is 3.28. The van der Waals surface area contributed by atoms with Gasteiger partial charge in [-0.25, -0.2) is 0 Å². The Morgan fingerprint density at radius 3 is 2.51 bits per heavy atom. The average molecular weight is 578 g/mol. The van der Waals surface area contributed by atoms with Gasteiger partial charge in [0.25, 0.3) is 11.6 Å². The van der Waals surface area contributed by atoms with Gasteiger partial charge in [-0.15, -0.1) is 0 Å². The van der Waals surface area contributed by atoms with Crippen LogP contribution in [0.3, 0.4) is 0 Å². The van der Waals surface area contributed by atoms with Gasteiger partial charge in [-0.05, 0) is 41.8 Å². The van der Waals surface area contributed by atoms with Crippen LogP contribution in [0, 0.1) is 21.4 Å². The molecular formula is C26H16BrN3O6S. The lowest BCUT2D eigenvalue weighted by Gasteiger charge is -2.11. The Hall–Kier alpha value is -4.53. The van der Waals surface area contributed by atoms with Crippen molar-refractivity contribution < 1.29 is 22.3 Å². The van der Waals surface area contributed by atoms with Gasteiger partial charge in [0.2, 0.25) is 0 Å². The van der Waals surface area contributed by atoms with Crippen LogP contribution in [-0.4, -0.2) is 19.2 Å². The summed E-state index contributed by atoms with van der Waals surface area (Å²) in [6.45, 7) is 0. The second-order valence-corrected chi connectivity index (χ2v) is 10.1. The zero-order chi connectivity index (χ0) is 26.6. The SMILES string of the molecule is N#C/C(=C\c1cc(Br)ccc1OS(=O)(=O)c1cccc([N+](=O)[O-])c1)C(=O)Nc1cccc2ccccc12. The third-order valence-electron chi connectivity index (χ3n) is 5.19. The van der Waals surface area contributed by atoms with Crippen molar-refractivity contribution in [2.45, 2.75) is 4.90 Å². The number of nitro benzene ring substituents is 1. The quantitative estimate of drug-likeness (QED) is 0.0958. The number of hydrogen-bond donors (Lipinski definition) is 1. The van der Waals surface area contributed by atoms with E-state index in [1.54, 1.807) is 12.1 Å². The maximum Gasteiger partial charge on any atom is 0.339 e. The van der Waals surface area contributed by atoms with E-state index in [2.05, 4.69) is 21.2 Å². The number of nitriles is 1. The van der Waals surface area contributed by atoms with Crippen LogP contribution < -0.4 is 9.50 Å².